The van der Waals surface area contributed by atoms with Crippen LogP contribution in [-0.2, 0) is 9.53 Å². The van der Waals surface area contributed by atoms with Crippen molar-refractivity contribution in [1.82, 2.24) is 10.2 Å². The molecule has 4 nitrogen and oxygen atoms in total. The van der Waals surface area contributed by atoms with E-state index in [0.717, 1.165) is 51.4 Å². The Morgan fingerprint density at radius 2 is 2.17 bits per heavy atom. The van der Waals surface area contributed by atoms with Crippen molar-refractivity contribution in [2.75, 3.05) is 32.8 Å². The predicted octanol–water partition coefficient (Wildman–Crippen LogP) is 1.40. The third-order valence-electron chi connectivity index (χ3n) is 4.07. The van der Waals surface area contributed by atoms with Gasteiger partial charge in [-0.1, -0.05) is 0 Å². The van der Waals surface area contributed by atoms with Crippen molar-refractivity contribution in [1.29, 1.82) is 0 Å². The second-order valence-corrected chi connectivity index (χ2v) is 5.55. The summed E-state index contributed by atoms with van der Waals surface area (Å²) in [5, 5.41) is 3.35. The topological polar surface area (TPSA) is 41.6 Å². The maximum Gasteiger partial charge on any atom is 0.251 e. The number of likely N-dealkylation sites (tertiary alicyclic amines) is 1. The summed E-state index contributed by atoms with van der Waals surface area (Å²) in [5.74, 6) is 0.918. The lowest BCUT2D eigenvalue weighted by Crippen LogP contribution is -2.42. The van der Waals surface area contributed by atoms with Crippen molar-refractivity contribution in [3.63, 3.8) is 0 Å². The van der Waals surface area contributed by atoms with E-state index in [0.29, 0.717) is 6.61 Å². The molecule has 2 saturated heterocycles. The molecule has 2 fully saturated rings. The first kappa shape index (κ1) is 13.8. The summed E-state index contributed by atoms with van der Waals surface area (Å²) in [6.07, 6.45) is 5.60. The zero-order valence-corrected chi connectivity index (χ0v) is 11.5. The fraction of sp³-hybridized carbons (Fsp3) is 0.929. The van der Waals surface area contributed by atoms with Crippen molar-refractivity contribution < 1.29 is 9.53 Å². The lowest BCUT2D eigenvalue weighted by atomic mass is 10.1. The summed E-state index contributed by atoms with van der Waals surface area (Å²) in [4.78, 5) is 14.1. The van der Waals surface area contributed by atoms with Gasteiger partial charge in [0.25, 0.3) is 5.91 Å². The Hall–Kier alpha value is -0.610. The highest BCUT2D eigenvalue weighted by atomic mass is 16.5. The standard InChI is InChI=1S/C14H26N2O2/c1-12(14(17)16-8-3-2-4-9-16)18-10-6-13-5-7-15-11-13/h12-13,15H,2-11H2,1H3. The van der Waals surface area contributed by atoms with E-state index >= 15 is 0 Å². The number of nitrogens with zero attached hydrogens (tertiary/aromatic N) is 1. The van der Waals surface area contributed by atoms with E-state index in [2.05, 4.69) is 5.32 Å². The van der Waals surface area contributed by atoms with Crippen LogP contribution in [0.1, 0.15) is 39.0 Å². The fourth-order valence-corrected chi connectivity index (χ4v) is 2.82. The van der Waals surface area contributed by atoms with Crippen LogP contribution in [0.25, 0.3) is 0 Å². The van der Waals surface area contributed by atoms with Gasteiger partial charge in [-0.05, 0) is 58.0 Å². The molecular weight excluding hydrogens is 228 g/mol. The van der Waals surface area contributed by atoms with Crippen LogP contribution in [0.15, 0.2) is 0 Å². The molecule has 2 unspecified atom stereocenters. The van der Waals surface area contributed by atoms with Gasteiger partial charge in [-0.15, -0.1) is 0 Å². The molecule has 0 radical (unpaired) electrons. The monoisotopic (exact) mass is 254 g/mol. The maximum atomic E-state index is 12.1. The van der Waals surface area contributed by atoms with E-state index < -0.39 is 0 Å². The molecule has 1 N–H and O–H groups in total. The van der Waals surface area contributed by atoms with Crippen LogP contribution in [0.5, 0.6) is 0 Å². The summed E-state index contributed by atoms with van der Waals surface area (Å²) in [7, 11) is 0. The summed E-state index contributed by atoms with van der Waals surface area (Å²) in [6.45, 7) is 6.68. The largest absolute Gasteiger partial charge is 0.369 e. The van der Waals surface area contributed by atoms with Gasteiger partial charge in [0, 0.05) is 19.7 Å². The molecule has 2 aliphatic heterocycles. The number of carbonyl (C=O) groups is 1. The van der Waals surface area contributed by atoms with Gasteiger partial charge >= 0.3 is 0 Å². The third kappa shape index (κ3) is 3.95. The van der Waals surface area contributed by atoms with Crippen LogP contribution in [-0.4, -0.2) is 49.7 Å². The lowest BCUT2D eigenvalue weighted by molar-refractivity contribution is -0.143. The van der Waals surface area contributed by atoms with Gasteiger partial charge < -0.3 is 15.0 Å². The Morgan fingerprint density at radius 1 is 1.39 bits per heavy atom. The third-order valence-corrected chi connectivity index (χ3v) is 4.07. The number of hydrogen-bond donors (Lipinski definition) is 1. The van der Waals surface area contributed by atoms with Crippen molar-refractivity contribution in [3.8, 4) is 0 Å². The molecule has 0 saturated carbocycles. The maximum absolute atomic E-state index is 12.1. The number of piperidine rings is 1. The Bertz CT molecular complexity index is 259. The zero-order chi connectivity index (χ0) is 12.8. The minimum absolute atomic E-state index is 0.180. The van der Waals surface area contributed by atoms with Crippen molar-refractivity contribution >= 4 is 5.91 Å². The van der Waals surface area contributed by atoms with E-state index in [1.54, 1.807) is 0 Å². The molecule has 1 amide bonds. The molecule has 104 valence electrons. The number of ether oxygens (including phenoxy) is 1. The first-order valence-electron chi connectivity index (χ1n) is 7.38. The van der Waals surface area contributed by atoms with Gasteiger partial charge in [-0.2, -0.15) is 0 Å². The van der Waals surface area contributed by atoms with Crippen molar-refractivity contribution in [3.05, 3.63) is 0 Å². The summed E-state index contributed by atoms with van der Waals surface area (Å²) in [6, 6.07) is 0. The smallest absolute Gasteiger partial charge is 0.251 e. The summed E-state index contributed by atoms with van der Waals surface area (Å²) in [5.41, 5.74) is 0. The molecule has 2 aliphatic rings. The van der Waals surface area contributed by atoms with Gasteiger partial charge in [0.2, 0.25) is 0 Å². The Kier molecular flexibility index (Phi) is 5.45. The molecule has 2 atom stereocenters. The Morgan fingerprint density at radius 3 is 2.83 bits per heavy atom. The Labute approximate surface area is 110 Å². The van der Waals surface area contributed by atoms with E-state index in [1.807, 2.05) is 11.8 Å². The van der Waals surface area contributed by atoms with Crippen LogP contribution >= 0.6 is 0 Å². The second-order valence-electron chi connectivity index (χ2n) is 5.55. The van der Waals surface area contributed by atoms with Crippen LogP contribution in [0.4, 0.5) is 0 Å². The minimum atomic E-state index is -0.266. The molecule has 4 heteroatoms. The predicted molar refractivity (Wildman–Crippen MR) is 71.4 cm³/mol. The van der Waals surface area contributed by atoms with Gasteiger partial charge in [0.05, 0.1) is 0 Å². The first-order valence-corrected chi connectivity index (χ1v) is 7.38. The lowest BCUT2D eigenvalue weighted by Gasteiger charge is -2.29. The molecule has 0 aromatic rings. The van der Waals surface area contributed by atoms with Crippen LogP contribution in [0, 0.1) is 5.92 Å². The first-order chi connectivity index (χ1) is 8.77. The summed E-state index contributed by atoms with van der Waals surface area (Å²) >= 11 is 0. The highest BCUT2D eigenvalue weighted by Gasteiger charge is 2.23. The normalized spacial score (nSPS) is 26.3. The second kappa shape index (κ2) is 7.10. The fourth-order valence-electron chi connectivity index (χ4n) is 2.82. The highest BCUT2D eigenvalue weighted by molar-refractivity contribution is 5.80. The van der Waals surface area contributed by atoms with Gasteiger partial charge in [0.15, 0.2) is 0 Å². The van der Waals surface area contributed by atoms with Gasteiger partial charge in [-0.25, -0.2) is 0 Å². The van der Waals surface area contributed by atoms with Crippen LogP contribution < -0.4 is 5.32 Å². The van der Waals surface area contributed by atoms with Gasteiger partial charge in [-0.3, -0.25) is 4.79 Å². The van der Waals surface area contributed by atoms with Crippen molar-refractivity contribution in [2.45, 2.75) is 45.1 Å². The molecule has 18 heavy (non-hydrogen) atoms. The number of carbonyl (C=O) groups excluding carboxylic acids is 1. The quantitative estimate of drug-likeness (QED) is 0.806. The molecular formula is C14H26N2O2. The SMILES string of the molecule is CC(OCCC1CCNC1)C(=O)N1CCCCC1. The van der Waals surface area contributed by atoms with Crippen molar-refractivity contribution in [2.24, 2.45) is 5.92 Å². The molecule has 0 aromatic carbocycles. The highest BCUT2D eigenvalue weighted by Crippen LogP contribution is 2.14. The number of amides is 1. The zero-order valence-electron chi connectivity index (χ0n) is 11.5. The van der Waals surface area contributed by atoms with E-state index in [1.165, 1.54) is 12.8 Å². The van der Waals surface area contributed by atoms with Gasteiger partial charge in [0.1, 0.15) is 6.10 Å². The number of nitrogens with one attached hydrogen (secondary N) is 1. The number of hydrogen-bond acceptors (Lipinski definition) is 3. The Balaban J connectivity index is 1.63. The molecule has 0 spiro atoms. The number of rotatable bonds is 5. The molecule has 0 bridgehead atoms. The average Bonchev–Trinajstić information content (AvgIpc) is 2.92. The van der Waals surface area contributed by atoms with E-state index in [9.17, 15) is 4.79 Å². The molecule has 0 aliphatic carbocycles. The molecule has 0 aromatic heterocycles. The van der Waals surface area contributed by atoms with Crippen LogP contribution in [0.2, 0.25) is 0 Å². The average molecular weight is 254 g/mol. The van der Waals surface area contributed by atoms with Crippen LogP contribution in [0.3, 0.4) is 0 Å². The minimum Gasteiger partial charge on any atom is -0.369 e. The van der Waals surface area contributed by atoms with E-state index in [-0.39, 0.29) is 12.0 Å². The molecule has 2 rings (SSSR count). The summed E-state index contributed by atoms with van der Waals surface area (Å²) < 4.78 is 5.70. The molecule has 2 heterocycles. The van der Waals surface area contributed by atoms with E-state index in [4.69, 9.17) is 4.74 Å².